The highest BCUT2D eigenvalue weighted by Gasteiger charge is 2.27. The van der Waals surface area contributed by atoms with Crippen molar-refractivity contribution in [1.29, 1.82) is 0 Å². The van der Waals surface area contributed by atoms with Crippen LogP contribution in [0.4, 0.5) is 5.69 Å². The minimum Gasteiger partial charge on any atom is -0.396 e. The Bertz CT molecular complexity index is 566. The number of para-hydroxylation sites is 1. The molecule has 0 fully saturated rings. The van der Waals surface area contributed by atoms with E-state index in [1.165, 1.54) is 6.07 Å². The number of nitro benzene ring substituents is 1. The minimum absolute atomic E-state index is 0.102. The number of benzene rings is 1. The molecule has 0 aromatic heterocycles. The van der Waals surface area contributed by atoms with Gasteiger partial charge < -0.3 is 5.11 Å². The molecule has 0 aliphatic carbocycles. The van der Waals surface area contributed by atoms with Gasteiger partial charge in [0.15, 0.2) is 0 Å². The van der Waals surface area contributed by atoms with Crippen LogP contribution in [0.5, 0.6) is 0 Å². The second kappa shape index (κ2) is 5.96. The summed E-state index contributed by atoms with van der Waals surface area (Å²) in [6.07, 6.45) is 6.15. The van der Waals surface area contributed by atoms with Gasteiger partial charge in [-0.2, -0.15) is 0 Å². The largest absolute Gasteiger partial charge is 0.396 e. The molecule has 2 rings (SSSR count). The number of nitrogens with zero attached hydrogens (tertiary/aromatic N) is 2. The Labute approximate surface area is 117 Å². The van der Waals surface area contributed by atoms with E-state index in [2.05, 4.69) is 4.99 Å². The summed E-state index contributed by atoms with van der Waals surface area (Å²) in [5.41, 5.74) is 1.18. The van der Waals surface area contributed by atoms with Crippen LogP contribution in [-0.4, -0.2) is 28.4 Å². The Balaban J connectivity index is 2.23. The van der Waals surface area contributed by atoms with E-state index in [0.29, 0.717) is 5.56 Å². The van der Waals surface area contributed by atoms with E-state index in [1.807, 2.05) is 13.0 Å². The molecule has 106 valence electrons. The van der Waals surface area contributed by atoms with Gasteiger partial charge in [-0.3, -0.25) is 15.1 Å². The molecule has 0 saturated heterocycles. The number of hydrogen-bond donors (Lipinski definition) is 1. The van der Waals surface area contributed by atoms with Crippen LogP contribution in [0.1, 0.15) is 31.7 Å². The van der Waals surface area contributed by atoms with Crippen molar-refractivity contribution in [3.8, 4) is 0 Å². The number of hydrogen-bond acceptors (Lipinski definition) is 4. The summed E-state index contributed by atoms with van der Waals surface area (Å²) in [7, 11) is 0. The molecule has 1 aromatic carbocycles. The summed E-state index contributed by atoms with van der Waals surface area (Å²) < 4.78 is 0. The summed E-state index contributed by atoms with van der Waals surface area (Å²) in [5, 5.41) is 19.9. The topological polar surface area (TPSA) is 75.7 Å². The Morgan fingerprint density at radius 2 is 2.10 bits per heavy atom. The van der Waals surface area contributed by atoms with Gasteiger partial charge in [0.1, 0.15) is 0 Å². The van der Waals surface area contributed by atoms with Gasteiger partial charge in [0.25, 0.3) is 5.69 Å². The van der Waals surface area contributed by atoms with Crippen molar-refractivity contribution < 1.29 is 10.0 Å². The van der Waals surface area contributed by atoms with Crippen molar-refractivity contribution in [3.63, 3.8) is 0 Å². The fourth-order valence-corrected chi connectivity index (χ4v) is 2.38. The third-order valence-corrected chi connectivity index (χ3v) is 3.47. The van der Waals surface area contributed by atoms with Crippen LogP contribution in [0.2, 0.25) is 0 Å². The lowest BCUT2D eigenvalue weighted by atomic mass is 9.93. The molecule has 0 spiro atoms. The first kappa shape index (κ1) is 14.4. The number of aliphatic hydroxyl groups is 1. The van der Waals surface area contributed by atoms with Crippen LogP contribution in [-0.2, 0) is 0 Å². The quantitative estimate of drug-likeness (QED) is 0.492. The number of allylic oxidation sites excluding steroid dienone is 1. The third-order valence-electron chi connectivity index (χ3n) is 3.47. The molecule has 5 heteroatoms. The molecule has 1 aliphatic rings. The lowest BCUT2D eigenvalue weighted by Crippen LogP contribution is -2.16. The standard InChI is InChI=1S/C15H18N2O3/c1-15(8-4-5-9-18)10-12(11-16-15)13-6-2-3-7-14(13)17(19)20/h2-3,6-7,10-11,18H,4-5,8-9H2,1H3. The molecule has 1 N–H and O–H groups in total. The Morgan fingerprint density at radius 1 is 1.35 bits per heavy atom. The smallest absolute Gasteiger partial charge is 0.277 e. The van der Waals surface area contributed by atoms with Gasteiger partial charge in [0.2, 0.25) is 0 Å². The molecular formula is C15H18N2O3. The minimum atomic E-state index is -0.370. The first-order valence-electron chi connectivity index (χ1n) is 6.68. The van der Waals surface area contributed by atoms with E-state index in [1.54, 1.807) is 24.4 Å². The van der Waals surface area contributed by atoms with Crippen molar-refractivity contribution in [2.24, 2.45) is 4.99 Å². The maximum atomic E-state index is 11.1. The highest BCUT2D eigenvalue weighted by atomic mass is 16.6. The molecule has 1 heterocycles. The first-order valence-corrected chi connectivity index (χ1v) is 6.68. The molecular weight excluding hydrogens is 256 g/mol. The molecule has 0 amide bonds. The van der Waals surface area contributed by atoms with Crippen molar-refractivity contribution in [2.45, 2.75) is 31.7 Å². The van der Waals surface area contributed by atoms with Crippen LogP contribution in [0.3, 0.4) is 0 Å². The molecule has 0 saturated carbocycles. The molecule has 1 aromatic rings. The van der Waals surface area contributed by atoms with Gasteiger partial charge in [0.05, 0.1) is 16.0 Å². The zero-order valence-electron chi connectivity index (χ0n) is 11.5. The predicted molar refractivity (Wildman–Crippen MR) is 78.9 cm³/mol. The van der Waals surface area contributed by atoms with Crippen LogP contribution in [0.25, 0.3) is 5.57 Å². The Kier molecular flexibility index (Phi) is 4.29. The highest BCUT2D eigenvalue weighted by Crippen LogP contribution is 2.33. The fourth-order valence-electron chi connectivity index (χ4n) is 2.38. The number of unbranched alkanes of at least 4 members (excludes halogenated alkanes) is 1. The van der Waals surface area contributed by atoms with E-state index in [-0.39, 0.29) is 22.8 Å². The molecule has 1 unspecified atom stereocenters. The molecule has 1 aliphatic heterocycles. The third kappa shape index (κ3) is 3.11. The van der Waals surface area contributed by atoms with Gasteiger partial charge in [-0.1, -0.05) is 12.1 Å². The first-order chi connectivity index (χ1) is 9.56. The van der Waals surface area contributed by atoms with Gasteiger partial charge in [-0.25, -0.2) is 0 Å². The van der Waals surface area contributed by atoms with Crippen LogP contribution in [0, 0.1) is 10.1 Å². The zero-order valence-corrected chi connectivity index (χ0v) is 11.5. The van der Waals surface area contributed by atoms with Gasteiger partial charge in [0, 0.05) is 24.5 Å². The van der Waals surface area contributed by atoms with Crippen LogP contribution >= 0.6 is 0 Å². The molecule has 5 nitrogen and oxygen atoms in total. The van der Waals surface area contributed by atoms with Crippen molar-refractivity contribution in [3.05, 3.63) is 46.0 Å². The molecule has 1 atom stereocenters. The maximum Gasteiger partial charge on any atom is 0.277 e. The van der Waals surface area contributed by atoms with E-state index < -0.39 is 0 Å². The fraction of sp³-hybridized carbons (Fsp3) is 0.400. The van der Waals surface area contributed by atoms with E-state index >= 15 is 0 Å². The number of nitro groups is 1. The van der Waals surface area contributed by atoms with Gasteiger partial charge in [-0.05, 0) is 38.3 Å². The van der Waals surface area contributed by atoms with Crippen LogP contribution in [0.15, 0.2) is 35.3 Å². The van der Waals surface area contributed by atoms with Gasteiger partial charge in [-0.15, -0.1) is 0 Å². The normalized spacial score (nSPS) is 21.0. The summed E-state index contributed by atoms with van der Waals surface area (Å²) in [4.78, 5) is 15.2. The Hall–Kier alpha value is -2.01. The van der Waals surface area contributed by atoms with Crippen molar-refractivity contribution >= 4 is 17.5 Å². The molecule has 0 radical (unpaired) electrons. The lowest BCUT2D eigenvalue weighted by Gasteiger charge is -2.17. The lowest BCUT2D eigenvalue weighted by molar-refractivity contribution is -0.385. The average Bonchev–Trinajstić information content (AvgIpc) is 2.82. The molecule has 0 bridgehead atoms. The number of rotatable bonds is 6. The van der Waals surface area contributed by atoms with E-state index in [0.717, 1.165) is 24.8 Å². The summed E-state index contributed by atoms with van der Waals surface area (Å²) in [6, 6.07) is 6.70. The summed E-state index contributed by atoms with van der Waals surface area (Å²) >= 11 is 0. The average molecular weight is 274 g/mol. The van der Waals surface area contributed by atoms with E-state index in [4.69, 9.17) is 5.11 Å². The van der Waals surface area contributed by atoms with Crippen LogP contribution < -0.4 is 0 Å². The second-order valence-corrected chi connectivity index (χ2v) is 5.17. The van der Waals surface area contributed by atoms with E-state index in [9.17, 15) is 10.1 Å². The summed E-state index contributed by atoms with van der Waals surface area (Å²) in [6.45, 7) is 2.18. The SMILES string of the molecule is CC1(CCCCO)C=C(c2ccccc2[N+](=O)[O-])C=N1. The number of aliphatic imine (C=N–C) groups is 1. The monoisotopic (exact) mass is 274 g/mol. The molecule has 20 heavy (non-hydrogen) atoms. The summed E-state index contributed by atoms with van der Waals surface area (Å²) in [5.74, 6) is 0. The highest BCUT2D eigenvalue weighted by molar-refractivity contribution is 6.13. The Morgan fingerprint density at radius 3 is 2.80 bits per heavy atom. The van der Waals surface area contributed by atoms with Crippen molar-refractivity contribution in [1.82, 2.24) is 0 Å². The van der Waals surface area contributed by atoms with Gasteiger partial charge >= 0.3 is 0 Å². The predicted octanol–water partition coefficient (Wildman–Crippen LogP) is 2.98. The maximum absolute atomic E-state index is 11.1. The zero-order chi connectivity index (χ0) is 14.6. The van der Waals surface area contributed by atoms with Crippen molar-refractivity contribution in [2.75, 3.05) is 6.61 Å². The number of aliphatic hydroxyl groups excluding tert-OH is 1. The second-order valence-electron chi connectivity index (χ2n) is 5.17.